The molecular formula is C27H32ClN5O6. The van der Waals surface area contributed by atoms with Crippen molar-refractivity contribution >= 4 is 35.2 Å². The summed E-state index contributed by atoms with van der Waals surface area (Å²) in [7, 11) is 0. The standard InChI is InChI=1S/C27H32ClN5O6/c1-5-37-27(36)32-12-10-31(11-13-32)26(35)19(4)33-15-23(18(3)30-33)29-25(34)24-9-7-21(39-24)16-38-20-6-8-22(28)17(2)14-20/h6-9,14-15,19H,5,10-13,16H2,1-4H3,(H,29,34). The maximum absolute atomic E-state index is 13.1. The number of rotatable bonds is 8. The summed E-state index contributed by atoms with van der Waals surface area (Å²) >= 11 is 6.05. The molecule has 4 rings (SSSR count). The predicted molar refractivity (Wildman–Crippen MR) is 144 cm³/mol. The van der Waals surface area contributed by atoms with Crippen molar-refractivity contribution in [3.63, 3.8) is 0 Å². The number of nitrogens with zero attached hydrogens (tertiary/aromatic N) is 4. The molecule has 0 bridgehead atoms. The van der Waals surface area contributed by atoms with Crippen LogP contribution in [0.1, 0.15) is 47.5 Å². The van der Waals surface area contributed by atoms with E-state index in [1.165, 1.54) is 4.68 Å². The smallest absolute Gasteiger partial charge is 0.409 e. The van der Waals surface area contributed by atoms with Crippen LogP contribution in [-0.4, -0.2) is 70.3 Å². The Morgan fingerprint density at radius 1 is 1.10 bits per heavy atom. The molecule has 1 fully saturated rings. The highest BCUT2D eigenvalue weighted by Gasteiger charge is 2.29. The molecule has 0 saturated carbocycles. The SMILES string of the molecule is CCOC(=O)N1CCN(C(=O)C(C)n2cc(NC(=O)c3ccc(COc4ccc(Cl)c(C)c4)o3)c(C)n2)CC1. The van der Waals surface area contributed by atoms with Crippen LogP contribution in [0.4, 0.5) is 10.5 Å². The molecule has 1 unspecified atom stereocenters. The molecule has 3 amide bonds. The average molecular weight is 558 g/mol. The van der Waals surface area contributed by atoms with E-state index < -0.39 is 11.9 Å². The van der Waals surface area contributed by atoms with Gasteiger partial charge in [0.1, 0.15) is 24.2 Å². The van der Waals surface area contributed by atoms with Crippen molar-refractivity contribution in [3.05, 3.63) is 64.3 Å². The van der Waals surface area contributed by atoms with E-state index in [1.54, 1.807) is 61.0 Å². The minimum Gasteiger partial charge on any atom is -0.486 e. The predicted octanol–water partition coefficient (Wildman–Crippen LogP) is 4.44. The highest BCUT2D eigenvalue weighted by atomic mass is 35.5. The number of furan rings is 1. The third-order valence-corrected chi connectivity index (χ3v) is 6.86. The Bertz CT molecular complexity index is 1340. The van der Waals surface area contributed by atoms with Gasteiger partial charge in [0.25, 0.3) is 5.91 Å². The minimum atomic E-state index is -0.590. The normalized spacial score (nSPS) is 14.2. The lowest BCUT2D eigenvalue weighted by Crippen LogP contribution is -2.52. The molecule has 11 nitrogen and oxygen atoms in total. The Kier molecular flexibility index (Phi) is 8.80. The first-order valence-corrected chi connectivity index (χ1v) is 13.1. The molecule has 0 aliphatic carbocycles. The number of benzene rings is 1. The fraction of sp³-hybridized carbons (Fsp3) is 0.407. The Morgan fingerprint density at radius 2 is 1.82 bits per heavy atom. The molecular weight excluding hydrogens is 526 g/mol. The molecule has 0 spiro atoms. The van der Waals surface area contributed by atoms with Crippen LogP contribution in [0.2, 0.25) is 5.02 Å². The topological polar surface area (TPSA) is 119 Å². The lowest BCUT2D eigenvalue weighted by molar-refractivity contribution is -0.136. The maximum atomic E-state index is 13.1. The average Bonchev–Trinajstić information content (AvgIpc) is 3.55. The van der Waals surface area contributed by atoms with Crippen molar-refractivity contribution in [1.29, 1.82) is 0 Å². The molecule has 0 radical (unpaired) electrons. The Balaban J connectivity index is 1.32. The lowest BCUT2D eigenvalue weighted by atomic mass is 10.2. The van der Waals surface area contributed by atoms with Crippen LogP contribution >= 0.6 is 11.6 Å². The first kappa shape index (κ1) is 28.0. The van der Waals surface area contributed by atoms with E-state index in [-0.39, 0.29) is 24.4 Å². The summed E-state index contributed by atoms with van der Waals surface area (Å²) in [6, 6.07) is 8.01. The van der Waals surface area contributed by atoms with Gasteiger partial charge in [0.05, 0.1) is 18.0 Å². The van der Waals surface area contributed by atoms with Gasteiger partial charge in [-0.3, -0.25) is 14.3 Å². The number of halogens is 1. The van der Waals surface area contributed by atoms with E-state index in [2.05, 4.69) is 10.4 Å². The van der Waals surface area contributed by atoms with Crippen LogP contribution < -0.4 is 10.1 Å². The number of aryl methyl sites for hydroxylation is 2. The van der Waals surface area contributed by atoms with E-state index >= 15 is 0 Å². The van der Waals surface area contributed by atoms with Gasteiger partial charge in [-0.25, -0.2) is 4.79 Å². The Morgan fingerprint density at radius 3 is 2.51 bits per heavy atom. The van der Waals surface area contributed by atoms with E-state index in [9.17, 15) is 14.4 Å². The van der Waals surface area contributed by atoms with E-state index in [1.807, 2.05) is 13.0 Å². The van der Waals surface area contributed by atoms with Crippen molar-refractivity contribution in [1.82, 2.24) is 19.6 Å². The van der Waals surface area contributed by atoms with Crippen LogP contribution in [0, 0.1) is 13.8 Å². The number of anilines is 1. The minimum absolute atomic E-state index is 0.120. The third kappa shape index (κ3) is 6.72. The van der Waals surface area contributed by atoms with E-state index in [0.717, 1.165) is 5.56 Å². The number of carbonyl (C=O) groups excluding carboxylic acids is 3. The molecule has 3 heterocycles. The lowest BCUT2D eigenvalue weighted by Gasteiger charge is -2.35. The van der Waals surface area contributed by atoms with Gasteiger partial charge >= 0.3 is 6.09 Å². The summed E-state index contributed by atoms with van der Waals surface area (Å²) < 4.78 is 17.9. The number of piperazine rings is 1. The Hall–Kier alpha value is -3.99. The van der Waals surface area contributed by atoms with Crippen LogP contribution in [0.3, 0.4) is 0 Å². The van der Waals surface area contributed by atoms with Gasteiger partial charge in [-0.15, -0.1) is 0 Å². The van der Waals surface area contributed by atoms with Crippen molar-refractivity contribution in [3.8, 4) is 5.75 Å². The molecule has 1 atom stereocenters. The van der Waals surface area contributed by atoms with Gasteiger partial charge in [-0.2, -0.15) is 5.10 Å². The molecule has 1 aromatic carbocycles. The van der Waals surface area contributed by atoms with E-state index in [0.29, 0.717) is 60.7 Å². The summed E-state index contributed by atoms with van der Waals surface area (Å²) in [5.74, 6) is 0.691. The molecule has 208 valence electrons. The maximum Gasteiger partial charge on any atom is 0.409 e. The fourth-order valence-corrected chi connectivity index (χ4v) is 4.24. The highest BCUT2D eigenvalue weighted by Crippen LogP contribution is 2.23. The molecule has 1 aliphatic heterocycles. The number of amides is 3. The second kappa shape index (κ2) is 12.2. The van der Waals surface area contributed by atoms with Crippen LogP contribution in [0.15, 0.2) is 40.9 Å². The van der Waals surface area contributed by atoms with Gasteiger partial charge in [0, 0.05) is 37.4 Å². The highest BCUT2D eigenvalue weighted by molar-refractivity contribution is 6.31. The zero-order chi connectivity index (χ0) is 28.1. The second-order valence-corrected chi connectivity index (χ2v) is 9.62. The van der Waals surface area contributed by atoms with Crippen LogP contribution in [-0.2, 0) is 16.1 Å². The quantitative estimate of drug-likeness (QED) is 0.435. The fourth-order valence-electron chi connectivity index (χ4n) is 4.13. The molecule has 1 aliphatic rings. The Labute approximate surface area is 231 Å². The number of carbonyl (C=O) groups is 3. The van der Waals surface area contributed by atoms with Gasteiger partial charge < -0.3 is 29.0 Å². The third-order valence-electron chi connectivity index (χ3n) is 6.43. The summed E-state index contributed by atoms with van der Waals surface area (Å²) in [6.07, 6.45) is 1.26. The van der Waals surface area contributed by atoms with Gasteiger partial charge in [0.2, 0.25) is 5.91 Å². The van der Waals surface area contributed by atoms with Gasteiger partial charge in [0.15, 0.2) is 5.76 Å². The molecule has 3 aromatic rings. The number of hydrogen-bond donors (Lipinski definition) is 1. The number of hydrogen-bond acceptors (Lipinski definition) is 7. The summed E-state index contributed by atoms with van der Waals surface area (Å²) in [5, 5.41) is 7.89. The summed E-state index contributed by atoms with van der Waals surface area (Å²) in [4.78, 5) is 41.1. The molecule has 12 heteroatoms. The molecule has 2 aromatic heterocycles. The zero-order valence-electron chi connectivity index (χ0n) is 22.4. The second-order valence-electron chi connectivity index (χ2n) is 9.22. The van der Waals surface area contributed by atoms with Crippen molar-refractivity contribution in [2.75, 3.05) is 38.1 Å². The van der Waals surface area contributed by atoms with Crippen LogP contribution in [0.5, 0.6) is 5.75 Å². The summed E-state index contributed by atoms with van der Waals surface area (Å²) in [5.41, 5.74) is 1.93. The number of aromatic nitrogens is 2. The zero-order valence-corrected chi connectivity index (χ0v) is 23.2. The first-order valence-electron chi connectivity index (χ1n) is 12.7. The largest absolute Gasteiger partial charge is 0.486 e. The van der Waals surface area contributed by atoms with E-state index in [4.69, 9.17) is 25.5 Å². The van der Waals surface area contributed by atoms with Crippen LogP contribution in [0.25, 0.3) is 0 Å². The van der Waals surface area contributed by atoms with Crippen molar-refractivity contribution in [2.24, 2.45) is 0 Å². The molecule has 1 saturated heterocycles. The van der Waals surface area contributed by atoms with Crippen molar-refractivity contribution < 1.29 is 28.3 Å². The monoisotopic (exact) mass is 557 g/mol. The van der Waals surface area contributed by atoms with Crippen molar-refractivity contribution in [2.45, 2.75) is 40.3 Å². The molecule has 1 N–H and O–H groups in total. The van der Waals surface area contributed by atoms with Gasteiger partial charge in [-0.1, -0.05) is 11.6 Å². The number of ether oxygens (including phenoxy) is 2. The first-order chi connectivity index (χ1) is 18.7. The number of nitrogens with one attached hydrogen (secondary N) is 1. The molecule has 39 heavy (non-hydrogen) atoms. The van der Waals surface area contributed by atoms with Gasteiger partial charge in [-0.05, 0) is 63.6 Å². The summed E-state index contributed by atoms with van der Waals surface area (Å²) in [6.45, 7) is 9.25.